The number of benzene rings is 2. The number of rotatable bonds is 6. The Morgan fingerprint density at radius 2 is 1.66 bits per heavy atom. The molecule has 7 heteroatoms. The second kappa shape index (κ2) is 8.60. The van der Waals surface area contributed by atoms with E-state index in [9.17, 15) is 4.79 Å². The van der Waals surface area contributed by atoms with Gasteiger partial charge in [-0.05, 0) is 49.2 Å². The number of nitrogens with one attached hydrogen (secondary N) is 2. The number of esters is 1. The molecular weight excluding hydrogens is 366 g/mol. The summed E-state index contributed by atoms with van der Waals surface area (Å²) in [4.78, 5) is 22.9. The first-order valence-corrected chi connectivity index (χ1v) is 9.61. The van der Waals surface area contributed by atoms with E-state index in [0.717, 1.165) is 18.8 Å². The van der Waals surface area contributed by atoms with Gasteiger partial charge in [-0.1, -0.05) is 12.1 Å². The van der Waals surface area contributed by atoms with Crippen molar-refractivity contribution in [1.82, 2.24) is 9.97 Å². The minimum Gasteiger partial charge on any atom is -0.465 e. The number of carbonyl (C=O) groups excluding carboxylic acids is 1. The lowest BCUT2D eigenvalue weighted by molar-refractivity contribution is 0.0602. The molecule has 4 rings (SSSR count). The van der Waals surface area contributed by atoms with Crippen molar-refractivity contribution in [2.45, 2.75) is 12.8 Å². The Bertz CT molecular complexity index is 985. The molecule has 2 aromatic carbocycles. The van der Waals surface area contributed by atoms with Gasteiger partial charge in [0.05, 0.1) is 18.4 Å². The van der Waals surface area contributed by atoms with Crippen LogP contribution in [0.5, 0.6) is 0 Å². The third kappa shape index (κ3) is 4.45. The predicted molar refractivity (Wildman–Crippen MR) is 114 cm³/mol. The quantitative estimate of drug-likeness (QED) is 0.607. The van der Waals surface area contributed by atoms with Crippen molar-refractivity contribution in [3.8, 4) is 0 Å². The molecule has 1 fully saturated rings. The molecule has 1 aliphatic heterocycles. The molecule has 1 aliphatic rings. The van der Waals surface area contributed by atoms with Crippen molar-refractivity contribution in [3.63, 3.8) is 0 Å². The molecule has 0 atom stereocenters. The molecule has 148 valence electrons. The average Bonchev–Trinajstić information content (AvgIpc) is 3.29. The Morgan fingerprint density at radius 3 is 2.38 bits per heavy atom. The number of methoxy groups -OCH3 is 1. The van der Waals surface area contributed by atoms with E-state index in [-0.39, 0.29) is 0 Å². The molecule has 1 aromatic heterocycles. The van der Waals surface area contributed by atoms with Gasteiger partial charge in [0.2, 0.25) is 0 Å². The summed E-state index contributed by atoms with van der Waals surface area (Å²) in [5, 5.41) is 6.46. The highest BCUT2D eigenvalue weighted by Crippen LogP contribution is 2.25. The van der Waals surface area contributed by atoms with Crippen LogP contribution >= 0.6 is 0 Å². The first kappa shape index (κ1) is 18.7. The number of carbonyl (C=O) groups is 1. The number of para-hydroxylation sites is 1. The Hall–Kier alpha value is -3.61. The molecular formula is C22H23N5O2. The number of anilines is 5. The highest BCUT2D eigenvalue weighted by atomic mass is 16.5. The van der Waals surface area contributed by atoms with E-state index in [0.29, 0.717) is 22.9 Å². The molecule has 3 aromatic rings. The minimum absolute atomic E-state index is 0.404. The van der Waals surface area contributed by atoms with Crippen LogP contribution < -0.4 is 15.5 Å². The van der Waals surface area contributed by atoms with Crippen molar-refractivity contribution in [2.75, 3.05) is 35.7 Å². The van der Waals surface area contributed by atoms with Crippen molar-refractivity contribution in [1.29, 1.82) is 0 Å². The van der Waals surface area contributed by atoms with Crippen molar-refractivity contribution in [2.24, 2.45) is 0 Å². The van der Waals surface area contributed by atoms with Crippen molar-refractivity contribution in [3.05, 3.63) is 66.5 Å². The van der Waals surface area contributed by atoms with Crippen molar-refractivity contribution >= 4 is 34.7 Å². The standard InChI is InChI=1S/C22H23N5O2/c1-29-22(28)18-6-2-3-7-19(18)26-21-14-20(23-15-24-21)25-16-8-10-17(11-9-16)27-12-4-5-13-27/h2-3,6-11,14-15H,4-5,12-13H2,1H3,(H2,23,24,25,26). The summed E-state index contributed by atoms with van der Waals surface area (Å²) in [6, 6.07) is 17.3. The summed E-state index contributed by atoms with van der Waals surface area (Å²) in [7, 11) is 1.36. The van der Waals surface area contributed by atoms with Gasteiger partial charge < -0.3 is 20.3 Å². The summed E-state index contributed by atoms with van der Waals surface area (Å²) in [5.74, 6) is 0.832. The summed E-state index contributed by atoms with van der Waals surface area (Å²) < 4.78 is 4.84. The Morgan fingerprint density at radius 1 is 0.966 bits per heavy atom. The maximum atomic E-state index is 11.9. The van der Waals surface area contributed by atoms with E-state index < -0.39 is 5.97 Å². The molecule has 0 saturated carbocycles. The molecule has 2 heterocycles. The third-order valence-corrected chi connectivity index (χ3v) is 4.87. The van der Waals surface area contributed by atoms with E-state index in [2.05, 4.69) is 49.8 Å². The summed E-state index contributed by atoms with van der Waals surface area (Å²) in [5.41, 5.74) is 3.27. The zero-order valence-corrected chi connectivity index (χ0v) is 16.3. The maximum absolute atomic E-state index is 11.9. The lowest BCUT2D eigenvalue weighted by atomic mass is 10.2. The fraction of sp³-hybridized carbons (Fsp3) is 0.227. The van der Waals surface area contributed by atoms with Gasteiger partial charge in [0, 0.05) is 30.5 Å². The zero-order chi connectivity index (χ0) is 20.1. The van der Waals surface area contributed by atoms with Gasteiger partial charge in [0.1, 0.15) is 18.0 Å². The molecule has 0 amide bonds. The van der Waals surface area contributed by atoms with E-state index in [4.69, 9.17) is 4.74 Å². The largest absolute Gasteiger partial charge is 0.465 e. The fourth-order valence-corrected chi connectivity index (χ4v) is 3.39. The number of ether oxygens (including phenoxy) is 1. The van der Waals surface area contributed by atoms with E-state index in [1.54, 1.807) is 24.3 Å². The van der Waals surface area contributed by atoms with E-state index >= 15 is 0 Å². The SMILES string of the molecule is COC(=O)c1ccccc1Nc1cc(Nc2ccc(N3CCCC3)cc2)ncn1. The lowest BCUT2D eigenvalue weighted by Gasteiger charge is -2.18. The monoisotopic (exact) mass is 389 g/mol. The lowest BCUT2D eigenvalue weighted by Crippen LogP contribution is -2.17. The van der Waals surface area contributed by atoms with Crippen LogP contribution in [0.4, 0.5) is 28.7 Å². The van der Waals surface area contributed by atoms with Crippen LogP contribution in [-0.4, -0.2) is 36.1 Å². The van der Waals surface area contributed by atoms with Crippen LogP contribution in [0.1, 0.15) is 23.2 Å². The van der Waals surface area contributed by atoms with Crippen LogP contribution in [0.2, 0.25) is 0 Å². The van der Waals surface area contributed by atoms with Gasteiger partial charge in [-0.2, -0.15) is 0 Å². The third-order valence-electron chi connectivity index (χ3n) is 4.87. The van der Waals surface area contributed by atoms with Gasteiger partial charge in [0.25, 0.3) is 0 Å². The predicted octanol–water partition coefficient (Wildman–Crippen LogP) is 4.35. The summed E-state index contributed by atoms with van der Waals surface area (Å²) in [6.45, 7) is 2.25. The maximum Gasteiger partial charge on any atom is 0.339 e. The molecule has 2 N–H and O–H groups in total. The highest BCUT2D eigenvalue weighted by molar-refractivity contribution is 5.96. The topological polar surface area (TPSA) is 79.4 Å². The highest BCUT2D eigenvalue weighted by Gasteiger charge is 2.13. The van der Waals surface area contributed by atoms with Crippen LogP contribution in [0.25, 0.3) is 0 Å². The summed E-state index contributed by atoms with van der Waals surface area (Å²) in [6.07, 6.45) is 4.00. The van der Waals surface area contributed by atoms with E-state index in [1.807, 2.05) is 6.07 Å². The first-order valence-electron chi connectivity index (χ1n) is 9.61. The second-order valence-corrected chi connectivity index (χ2v) is 6.82. The zero-order valence-electron chi connectivity index (χ0n) is 16.3. The van der Waals surface area contributed by atoms with E-state index in [1.165, 1.54) is 32.0 Å². The Balaban J connectivity index is 1.47. The molecule has 29 heavy (non-hydrogen) atoms. The molecule has 7 nitrogen and oxygen atoms in total. The first-order chi connectivity index (χ1) is 14.2. The van der Waals surface area contributed by atoms with Gasteiger partial charge in [-0.3, -0.25) is 0 Å². The Kier molecular flexibility index (Phi) is 5.56. The Labute approximate surface area is 169 Å². The van der Waals surface area contributed by atoms with Gasteiger partial charge in [0.15, 0.2) is 0 Å². The average molecular weight is 389 g/mol. The molecule has 1 saturated heterocycles. The molecule has 0 aliphatic carbocycles. The van der Waals surface area contributed by atoms with Crippen molar-refractivity contribution < 1.29 is 9.53 Å². The van der Waals surface area contributed by atoms with Crippen LogP contribution in [-0.2, 0) is 4.74 Å². The number of hydrogen-bond acceptors (Lipinski definition) is 7. The number of aromatic nitrogens is 2. The van der Waals surface area contributed by atoms with Crippen LogP contribution in [0.15, 0.2) is 60.9 Å². The molecule has 0 radical (unpaired) electrons. The fourth-order valence-electron chi connectivity index (χ4n) is 3.39. The summed E-state index contributed by atoms with van der Waals surface area (Å²) >= 11 is 0. The van der Waals surface area contributed by atoms with Gasteiger partial charge >= 0.3 is 5.97 Å². The van der Waals surface area contributed by atoms with Gasteiger partial charge in [-0.15, -0.1) is 0 Å². The van der Waals surface area contributed by atoms with Crippen LogP contribution in [0, 0.1) is 0 Å². The van der Waals surface area contributed by atoms with Crippen LogP contribution in [0.3, 0.4) is 0 Å². The normalized spacial score (nSPS) is 13.2. The molecule has 0 spiro atoms. The number of nitrogens with zero attached hydrogens (tertiary/aromatic N) is 3. The number of hydrogen-bond donors (Lipinski definition) is 2. The second-order valence-electron chi connectivity index (χ2n) is 6.82. The van der Waals surface area contributed by atoms with Gasteiger partial charge in [-0.25, -0.2) is 14.8 Å². The smallest absolute Gasteiger partial charge is 0.339 e. The minimum atomic E-state index is -0.404. The molecule has 0 unspecified atom stereocenters. The molecule has 0 bridgehead atoms.